The van der Waals surface area contributed by atoms with Crippen LogP contribution in [-0.2, 0) is 14.4 Å². The van der Waals surface area contributed by atoms with Crippen molar-refractivity contribution < 1.29 is 23.5 Å². The van der Waals surface area contributed by atoms with Crippen molar-refractivity contribution in [2.75, 3.05) is 22.6 Å². The highest BCUT2D eigenvalue weighted by atomic mass is 35.5. The molecule has 1 heterocycles. The Bertz CT molecular complexity index is 966. The number of ether oxygens (including phenoxy) is 1. The maximum atomic E-state index is 13.4. The Hall–Kier alpha value is -3.13. The number of benzene rings is 2. The summed E-state index contributed by atoms with van der Waals surface area (Å²) in [6.45, 7) is 1.38. The maximum absolute atomic E-state index is 13.4. The number of rotatable bonds is 5. The number of carbonyl (C=O) groups excluding carboxylic acids is 3. The van der Waals surface area contributed by atoms with Crippen LogP contribution in [0.1, 0.15) is 13.3 Å². The van der Waals surface area contributed by atoms with E-state index in [0.717, 1.165) is 11.0 Å². The predicted molar refractivity (Wildman–Crippen MR) is 103 cm³/mol. The molecule has 3 amide bonds. The number of amides is 3. The Kier molecular flexibility index (Phi) is 5.51. The van der Waals surface area contributed by atoms with E-state index in [1.54, 1.807) is 18.2 Å². The second-order valence-electron chi connectivity index (χ2n) is 6.16. The molecule has 3 rings (SSSR count). The van der Waals surface area contributed by atoms with E-state index in [2.05, 4.69) is 10.6 Å². The van der Waals surface area contributed by atoms with Gasteiger partial charge in [0.1, 0.15) is 17.6 Å². The predicted octanol–water partition coefficient (Wildman–Crippen LogP) is 3.19. The number of carbonyl (C=O) groups is 3. The van der Waals surface area contributed by atoms with Crippen molar-refractivity contribution in [1.29, 1.82) is 0 Å². The van der Waals surface area contributed by atoms with E-state index in [0.29, 0.717) is 17.1 Å². The highest BCUT2D eigenvalue weighted by Gasteiger charge is 2.40. The van der Waals surface area contributed by atoms with Gasteiger partial charge in [0.2, 0.25) is 11.8 Å². The first kappa shape index (κ1) is 19.6. The zero-order valence-electron chi connectivity index (χ0n) is 15.1. The highest BCUT2D eigenvalue weighted by molar-refractivity contribution is 6.31. The van der Waals surface area contributed by atoms with Crippen molar-refractivity contribution >= 4 is 46.4 Å². The van der Waals surface area contributed by atoms with Crippen molar-refractivity contribution in [2.45, 2.75) is 19.4 Å². The zero-order valence-corrected chi connectivity index (χ0v) is 15.8. The summed E-state index contributed by atoms with van der Waals surface area (Å²) < 4.78 is 18.7. The first-order valence-corrected chi connectivity index (χ1v) is 8.72. The normalized spacial score (nSPS) is 16.3. The summed E-state index contributed by atoms with van der Waals surface area (Å²) in [6, 6.07) is 7.68. The van der Waals surface area contributed by atoms with Crippen LogP contribution >= 0.6 is 11.6 Å². The van der Waals surface area contributed by atoms with Gasteiger partial charge in [-0.15, -0.1) is 0 Å². The van der Waals surface area contributed by atoms with E-state index in [1.807, 2.05) is 0 Å². The first-order chi connectivity index (χ1) is 13.3. The van der Waals surface area contributed by atoms with E-state index in [-0.39, 0.29) is 23.0 Å². The minimum absolute atomic E-state index is 0.0959. The van der Waals surface area contributed by atoms with Crippen LogP contribution in [0.2, 0.25) is 5.02 Å². The first-order valence-electron chi connectivity index (χ1n) is 8.34. The molecule has 0 bridgehead atoms. The van der Waals surface area contributed by atoms with Crippen LogP contribution in [-0.4, -0.2) is 30.9 Å². The van der Waals surface area contributed by atoms with Crippen LogP contribution in [0.5, 0.6) is 5.75 Å². The van der Waals surface area contributed by atoms with Crippen molar-refractivity contribution in [3.05, 3.63) is 47.2 Å². The van der Waals surface area contributed by atoms with Gasteiger partial charge < -0.3 is 15.4 Å². The molecule has 1 atom stereocenters. The lowest BCUT2D eigenvalue weighted by Crippen LogP contribution is -2.34. The smallest absolute Gasteiger partial charge is 0.256 e. The third-order valence-corrected chi connectivity index (χ3v) is 4.45. The Morgan fingerprint density at radius 3 is 2.64 bits per heavy atom. The lowest BCUT2D eigenvalue weighted by atomic mass is 10.2. The van der Waals surface area contributed by atoms with Gasteiger partial charge in [-0.3, -0.25) is 14.4 Å². The van der Waals surface area contributed by atoms with Gasteiger partial charge in [-0.05, 0) is 36.4 Å². The average Bonchev–Trinajstić information content (AvgIpc) is 2.91. The van der Waals surface area contributed by atoms with E-state index < -0.39 is 23.7 Å². The number of nitrogens with zero attached hydrogens (tertiary/aromatic N) is 1. The van der Waals surface area contributed by atoms with Gasteiger partial charge >= 0.3 is 0 Å². The van der Waals surface area contributed by atoms with Gasteiger partial charge in [-0.2, -0.15) is 0 Å². The molecule has 0 aromatic heterocycles. The molecular formula is C19H17ClFN3O4. The molecule has 2 N–H and O–H groups in total. The molecule has 0 radical (unpaired) electrons. The maximum Gasteiger partial charge on any atom is 0.256 e. The lowest BCUT2D eigenvalue weighted by Gasteiger charge is -2.18. The van der Waals surface area contributed by atoms with Crippen LogP contribution < -0.4 is 20.3 Å². The van der Waals surface area contributed by atoms with E-state index in [4.69, 9.17) is 16.3 Å². The second-order valence-corrected chi connectivity index (χ2v) is 6.57. The Morgan fingerprint density at radius 2 is 2.00 bits per heavy atom. The summed E-state index contributed by atoms with van der Waals surface area (Å²) in [5, 5.41) is 5.44. The number of hydrogen-bond donors (Lipinski definition) is 2. The minimum atomic E-state index is -0.849. The number of nitrogens with one attached hydrogen (secondary N) is 2. The zero-order chi connectivity index (χ0) is 20.4. The van der Waals surface area contributed by atoms with Crippen molar-refractivity contribution in [1.82, 2.24) is 0 Å². The molecule has 0 spiro atoms. The molecule has 9 heteroatoms. The fourth-order valence-corrected chi connectivity index (χ4v) is 3.10. The molecule has 2 aromatic rings. The van der Waals surface area contributed by atoms with Crippen LogP contribution in [0.3, 0.4) is 0 Å². The monoisotopic (exact) mass is 405 g/mol. The van der Waals surface area contributed by atoms with Crippen LogP contribution in [0, 0.1) is 5.82 Å². The fraction of sp³-hybridized carbons (Fsp3) is 0.211. The van der Waals surface area contributed by atoms with Crippen LogP contribution in [0.4, 0.5) is 21.5 Å². The molecule has 0 saturated carbocycles. The summed E-state index contributed by atoms with van der Waals surface area (Å²) in [6.07, 6.45) is -0.0959. The highest BCUT2D eigenvalue weighted by Crippen LogP contribution is 2.32. The molecule has 1 aliphatic rings. The molecule has 2 aromatic carbocycles. The summed E-state index contributed by atoms with van der Waals surface area (Å²) in [5.74, 6) is -1.39. The van der Waals surface area contributed by atoms with Gasteiger partial charge in [0.25, 0.3) is 5.91 Å². The van der Waals surface area contributed by atoms with Crippen LogP contribution in [0.15, 0.2) is 36.4 Å². The molecular weight excluding hydrogens is 389 g/mol. The third kappa shape index (κ3) is 3.91. The molecule has 1 aliphatic heterocycles. The number of imide groups is 1. The standard InChI is InChI=1S/C19H17ClFN3O4/c1-10(25)22-11-3-6-17(28-2)15(7-11)23-16-9-18(26)24(19(16)27)12-4-5-14(21)13(20)8-12/h3-8,16,23H,9H2,1-2H3,(H,22,25)/t16-/m0/s1. The lowest BCUT2D eigenvalue weighted by molar-refractivity contribution is -0.121. The number of anilines is 3. The molecule has 28 heavy (non-hydrogen) atoms. The van der Waals surface area contributed by atoms with Crippen molar-refractivity contribution in [3.8, 4) is 5.75 Å². The number of hydrogen-bond acceptors (Lipinski definition) is 5. The quantitative estimate of drug-likeness (QED) is 0.746. The summed E-state index contributed by atoms with van der Waals surface area (Å²) in [7, 11) is 1.47. The molecule has 1 fully saturated rings. The van der Waals surface area contributed by atoms with Crippen molar-refractivity contribution in [3.63, 3.8) is 0 Å². The van der Waals surface area contributed by atoms with Gasteiger partial charge in [0, 0.05) is 12.6 Å². The Balaban J connectivity index is 1.85. The Labute approximate surface area is 165 Å². The largest absolute Gasteiger partial charge is 0.495 e. The topological polar surface area (TPSA) is 87.7 Å². The SMILES string of the molecule is COc1ccc(NC(C)=O)cc1N[C@H]1CC(=O)N(c2ccc(F)c(Cl)c2)C1=O. The number of methoxy groups -OCH3 is 1. The second kappa shape index (κ2) is 7.85. The molecule has 0 aliphatic carbocycles. The molecule has 0 unspecified atom stereocenters. The number of halogens is 2. The third-order valence-electron chi connectivity index (χ3n) is 4.16. The van der Waals surface area contributed by atoms with E-state index >= 15 is 0 Å². The Morgan fingerprint density at radius 1 is 1.25 bits per heavy atom. The summed E-state index contributed by atoms with van der Waals surface area (Å²) in [5.41, 5.74) is 1.15. The van der Waals surface area contributed by atoms with Gasteiger partial charge in [-0.25, -0.2) is 9.29 Å². The summed E-state index contributed by atoms with van der Waals surface area (Å²) in [4.78, 5) is 37.4. The molecule has 146 valence electrons. The van der Waals surface area contributed by atoms with Crippen molar-refractivity contribution in [2.24, 2.45) is 0 Å². The summed E-state index contributed by atoms with van der Waals surface area (Å²) >= 11 is 5.76. The van der Waals surface area contributed by atoms with E-state index in [1.165, 1.54) is 26.2 Å². The van der Waals surface area contributed by atoms with Gasteiger partial charge in [0.15, 0.2) is 0 Å². The van der Waals surface area contributed by atoms with Crippen LogP contribution in [0.25, 0.3) is 0 Å². The minimum Gasteiger partial charge on any atom is -0.495 e. The fourth-order valence-electron chi connectivity index (χ4n) is 2.93. The van der Waals surface area contributed by atoms with E-state index in [9.17, 15) is 18.8 Å². The van der Waals surface area contributed by atoms with Gasteiger partial charge in [0.05, 0.1) is 29.9 Å². The van der Waals surface area contributed by atoms with Gasteiger partial charge in [-0.1, -0.05) is 11.6 Å². The molecule has 1 saturated heterocycles. The molecule has 7 nitrogen and oxygen atoms in total. The average molecular weight is 406 g/mol.